The molecule has 0 amide bonds. The summed E-state index contributed by atoms with van der Waals surface area (Å²) < 4.78 is 7.73. The van der Waals surface area contributed by atoms with E-state index in [1.54, 1.807) is 24.3 Å². The summed E-state index contributed by atoms with van der Waals surface area (Å²) in [5, 5.41) is 1.24. The van der Waals surface area contributed by atoms with Crippen molar-refractivity contribution >= 4 is 28.5 Å². The van der Waals surface area contributed by atoms with Crippen LogP contribution in [0.1, 0.15) is 16.1 Å². The third kappa shape index (κ3) is 4.00. The van der Waals surface area contributed by atoms with Crippen LogP contribution in [0.2, 0.25) is 5.02 Å². The third-order valence-electron chi connectivity index (χ3n) is 5.05. The third-order valence-corrected chi connectivity index (χ3v) is 5.30. The Balaban J connectivity index is 1.72. The van der Waals surface area contributed by atoms with Crippen LogP contribution in [0, 0.1) is 0 Å². The van der Waals surface area contributed by atoms with Crippen molar-refractivity contribution in [1.29, 1.82) is 0 Å². The quantitative estimate of drug-likeness (QED) is 0.459. The van der Waals surface area contributed by atoms with Crippen molar-refractivity contribution in [2.45, 2.75) is 6.61 Å². The Bertz CT molecular complexity index is 1420. The first kappa shape index (κ1) is 20.6. The summed E-state index contributed by atoms with van der Waals surface area (Å²) >= 11 is 5.98. The number of ether oxygens (including phenoxy) is 1. The lowest BCUT2D eigenvalue weighted by Gasteiger charge is -2.12. The lowest BCUT2D eigenvalue weighted by Crippen LogP contribution is -2.38. The highest BCUT2D eigenvalue weighted by molar-refractivity contribution is 6.30. The molecule has 0 aliphatic heterocycles. The highest BCUT2D eigenvalue weighted by Crippen LogP contribution is 2.26. The maximum absolute atomic E-state index is 13.0. The number of hydrogen-bond donors (Lipinski definition) is 0. The lowest BCUT2D eigenvalue weighted by molar-refractivity contribution is 0.0465. The Morgan fingerprint density at radius 2 is 1.71 bits per heavy atom. The van der Waals surface area contributed by atoms with Crippen molar-refractivity contribution < 1.29 is 9.53 Å². The topological polar surface area (TPSA) is 83.2 Å². The standard InChI is InChI=1S/C23H18ClN3O4/c1-26-16(11-21(28)27(2)23(26)30)13-31-22(29)18-12-20(14-7-9-15(24)10-8-14)25-19-6-4-3-5-17(18)19/h3-12H,13H2,1-2H3. The second-order valence-corrected chi connectivity index (χ2v) is 7.47. The number of esters is 1. The molecule has 0 unspecified atom stereocenters. The van der Waals surface area contributed by atoms with Gasteiger partial charge in [-0.15, -0.1) is 0 Å². The number of aromatic nitrogens is 3. The fourth-order valence-corrected chi connectivity index (χ4v) is 3.37. The van der Waals surface area contributed by atoms with Crippen molar-refractivity contribution in [2.75, 3.05) is 0 Å². The molecule has 7 nitrogen and oxygen atoms in total. The molecule has 4 rings (SSSR count). The van der Waals surface area contributed by atoms with Crippen LogP contribution in [0.25, 0.3) is 22.2 Å². The smallest absolute Gasteiger partial charge is 0.339 e. The molecule has 156 valence electrons. The molecule has 31 heavy (non-hydrogen) atoms. The van der Waals surface area contributed by atoms with E-state index in [-0.39, 0.29) is 6.61 Å². The van der Waals surface area contributed by atoms with Gasteiger partial charge in [-0.05, 0) is 24.3 Å². The van der Waals surface area contributed by atoms with Gasteiger partial charge in [0.2, 0.25) is 0 Å². The average Bonchev–Trinajstić information content (AvgIpc) is 2.78. The Labute approximate surface area is 182 Å². The molecule has 0 radical (unpaired) electrons. The van der Waals surface area contributed by atoms with Crippen molar-refractivity contribution in [3.8, 4) is 11.3 Å². The van der Waals surface area contributed by atoms with Gasteiger partial charge in [-0.1, -0.05) is 41.9 Å². The molecule has 0 atom stereocenters. The van der Waals surface area contributed by atoms with Gasteiger partial charge >= 0.3 is 11.7 Å². The van der Waals surface area contributed by atoms with Gasteiger partial charge in [-0.3, -0.25) is 13.9 Å². The Morgan fingerprint density at radius 3 is 2.45 bits per heavy atom. The molecular formula is C23H18ClN3O4. The molecule has 2 heterocycles. The Morgan fingerprint density at radius 1 is 1.00 bits per heavy atom. The van der Waals surface area contributed by atoms with E-state index in [1.807, 2.05) is 30.3 Å². The molecule has 8 heteroatoms. The van der Waals surface area contributed by atoms with Crippen LogP contribution in [-0.2, 0) is 25.4 Å². The number of nitrogens with zero attached hydrogens (tertiary/aromatic N) is 3. The highest BCUT2D eigenvalue weighted by Gasteiger charge is 2.16. The molecule has 0 saturated carbocycles. The van der Waals surface area contributed by atoms with Crippen LogP contribution in [-0.4, -0.2) is 20.1 Å². The molecule has 4 aromatic rings. The molecule has 0 saturated heterocycles. The number of para-hydroxylation sites is 1. The predicted octanol–water partition coefficient (Wildman–Crippen LogP) is 3.31. The zero-order valence-corrected chi connectivity index (χ0v) is 17.6. The van der Waals surface area contributed by atoms with Crippen molar-refractivity contribution in [1.82, 2.24) is 14.1 Å². The molecule has 2 aromatic carbocycles. The minimum atomic E-state index is -0.582. The van der Waals surface area contributed by atoms with E-state index in [0.717, 1.165) is 10.1 Å². The maximum Gasteiger partial charge on any atom is 0.339 e. The van der Waals surface area contributed by atoms with E-state index in [2.05, 4.69) is 4.98 Å². The van der Waals surface area contributed by atoms with Crippen LogP contribution in [0.15, 0.2) is 70.3 Å². The Hall–Kier alpha value is -3.71. The van der Waals surface area contributed by atoms with Crippen LogP contribution in [0.3, 0.4) is 0 Å². The number of hydrogen-bond acceptors (Lipinski definition) is 5. The second-order valence-electron chi connectivity index (χ2n) is 7.03. The highest BCUT2D eigenvalue weighted by atomic mass is 35.5. The summed E-state index contributed by atoms with van der Waals surface area (Å²) in [4.78, 5) is 41.6. The Kier molecular flexibility index (Phi) is 5.44. The predicted molar refractivity (Wildman–Crippen MR) is 118 cm³/mol. The molecule has 0 fully saturated rings. The summed E-state index contributed by atoms with van der Waals surface area (Å²) in [6.07, 6.45) is 0. The number of fused-ring (bicyclic) bond motifs is 1. The fourth-order valence-electron chi connectivity index (χ4n) is 3.25. The number of benzene rings is 2. The number of carbonyl (C=O) groups excluding carboxylic acids is 1. The van der Waals surface area contributed by atoms with Crippen LogP contribution >= 0.6 is 11.6 Å². The van der Waals surface area contributed by atoms with Crippen molar-refractivity contribution in [3.05, 3.63) is 97.8 Å². The van der Waals surface area contributed by atoms with Crippen LogP contribution in [0.4, 0.5) is 0 Å². The van der Waals surface area contributed by atoms with Gasteiger partial charge in [0.05, 0.1) is 22.5 Å². The van der Waals surface area contributed by atoms with E-state index >= 15 is 0 Å². The van der Waals surface area contributed by atoms with E-state index in [0.29, 0.717) is 32.9 Å². The monoisotopic (exact) mass is 435 g/mol. The number of rotatable bonds is 4. The summed E-state index contributed by atoms with van der Waals surface area (Å²) in [7, 11) is 2.91. The average molecular weight is 436 g/mol. The zero-order valence-electron chi connectivity index (χ0n) is 16.8. The van der Waals surface area contributed by atoms with Gasteiger partial charge in [0.1, 0.15) is 6.61 Å². The molecule has 0 aliphatic carbocycles. The first-order valence-electron chi connectivity index (χ1n) is 9.44. The number of carbonyl (C=O) groups is 1. The van der Waals surface area contributed by atoms with Gasteiger partial charge in [0, 0.05) is 36.1 Å². The summed E-state index contributed by atoms with van der Waals surface area (Å²) in [6.45, 7) is -0.215. The van der Waals surface area contributed by atoms with Crippen LogP contribution < -0.4 is 11.2 Å². The SMILES string of the molecule is Cn1c(COC(=O)c2cc(-c3ccc(Cl)cc3)nc3ccccc23)cc(=O)n(C)c1=O. The van der Waals surface area contributed by atoms with E-state index < -0.39 is 17.2 Å². The minimum Gasteiger partial charge on any atom is -0.456 e. The molecule has 0 spiro atoms. The van der Waals surface area contributed by atoms with E-state index in [1.165, 1.54) is 24.7 Å². The van der Waals surface area contributed by atoms with Gasteiger partial charge < -0.3 is 4.74 Å². The second kappa shape index (κ2) is 8.20. The molecule has 0 N–H and O–H groups in total. The maximum atomic E-state index is 13.0. The van der Waals surface area contributed by atoms with Gasteiger partial charge in [0.25, 0.3) is 5.56 Å². The first-order valence-corrected chi connectivity index (χ1v) is 9.82. The van der Waals surface area contributed by atoms with Gasteiger partial charge in [-0.25, -0.2) is 14.6 Å². The first-order chi connectivity index (χ1) is 14.8. The van der Waals surface area contributed by atoms with E-state index in [9.17, 15) is 14.4 Å². The van der Waals surface area contributed by atoms with Gasteiger partial charge in [-0.2, -0.15) is 0 Å². The normalized spacial score (nSPS) is 10.9. The summed E-state index contributed by atoms with van der Waals surface area (Å²) in [5.41, 5.74) is 1.73. The molecule has 2 aromatic heterocycles. The van der Waals surface area contributed by atoms with E-state index in [4.69, 9.17) is 16.3 Å². The minimum absolute atomic E-state index is 0.215. The van der Waals surface area contributed by atoms with Crippen molar-refractivity contribution in [2.24, 2.45) is 14.1 Å². The zero-order chi connectivity index (χ0) is 22.1. The number of halogens is 1. The molecule has 0 bridgehead atoms. The van der Waals surface area contributed by atoms with Crippen molar-refractivity contribution in [3.63, 3.8) is 0 Å². The van der Waals surface area contributed by atoms with Crippen LogP contribution in [0.5, 0.6) is 0 Å². The largest absolute Gasteiger partial charge is 0.456 e. The molecule has 0 aliphatic rings. The number of pyridine rings is 1. The molecular weight excluding hydrogens is 418 g/mol. The fraction of sp³-hybridized carbons (Fsp3) is 0.130. The summed E-state index contributed by atoms with van der Waals surface area (Å²) in [6, 6.07) is 17.3. The summed E-state index contributed by atoms with van der Waals surface area (Å²) in [5.74, 6) is -0.582. The lowest BCUT2D eigenvalue weighted by atomic mass is 10.0. The van der Waals surface area contributed by atoms with Gasteiger partial charge in [0.15, 0.2) is 0 Å².